The van der Waals surface area contributed by atoms with E-state index in [4.69, 9.17) is 6.58 Å². The molecule has 1 rings (SSSR count). The third kappa shape index (κ3) is 2.56. The lowest BCUT2D eigenvalue weighted by Gasteiger charge is -2.34. The molecule has 0 bridgehead atoms. The average molecular weight is 181 g/mol. The lowest BCUT2D eigenvalue weighted by Crippen LogP contribution is -2.43. The quantitative estimate of drug-likeness (QED) is 0.580. The fraction of sp³-hybridized carbons (Fsp3) is 0.700. The summed E-state index contributed by atoms with van der Waals surface area (Å²) in [6.07, 6.45) is 3.23. The Morgan fingerprint density at radius 3 is 2.54 bits per heavy atom. The predicted molar refractivity (Wildman–Crippen MR) is 52.2 cm³/mol. The van der Waals surface area contributed by atoms with Gasteiger partial charge in [-0.2, -0.15) is 0 Å². The molecule has 73 valence electrons. The monoisotopic (exact) mass is 181 g/mol. The first kappa shape index (κ1) is 10.3. The molecule has 0 aromatic rings. The van der Waals surface area contributed by atoms with Crippen molar-refractivity contribution in [3.05, 3.63) is 12.7 Å². The maximum absolute atomic E-state index is 11.2. The molecular formula is C10H17N2O. The molecule has 13 heavy (non-hydrogen) atoms. The minimum absolute atomic E-state index is 0.0745. The summed E-state index contributed by atoms with van der Waals surface area (Å²) in [5.41, 5.74) is 0. The number of piperidine rings is 1. The third-order valence-electron chi connectivity index (χ3n) is 2.73. The van der Waals surface area contributed by atoms with Gasteiger partial charge in [-0.3, -0.25) is 4.79 Å². The molecule has 1 saturated heterocycles. The van der Waals surface area contributed by atoms with E-state index in [1.807, 2.05) is 7.05 Å². The number of carbonyl (C=O) groups excluding carboxylic acids is 1. The van der Waals surface area contributed by atoms with Crippen molar-refractivity contribution in [2.24, 2.45) is 0 Å². The van der Waals surface area contributed by atoms with Crippen LogP contribution in [-0.2, 0) is 4.79 Å². The van der Waals surface area contributed by atoms with Gasteiger partial charge in [0, 0.05) is 19.2 Å². The number of nitrogens with zero attached hydrogens (tertiary/aromatic N) is 2. The Balaban J connectivity index is 2.44. The molecule has 3 heteroatoms. The smallest absolute Gasteiger partial charge is 0.246 e. The van der Waals surface area contributed by atoms with E-state index in [2.05, 4.69) is 11.9 Å². The minimum Gasteiger partial charge on any atom is -0.339 e. The number of hydrogen-bond donors (Lipinski definition) is 0. The average Bonchev–Trinajstić information content (AvgIpc) is 2.17. The van der Waals surface area contributed by atoms with Crippen LogP contribution >= 0.6 is 0 Å². The molecule has 0 atom stereocenters. The second-order valence-electron chi connectivity index (χ2n) is 3.65. The summed E-state index contributed by atoms with van der Waals surface area (Å²) in [6, 6.07) is 0.364. The SMILES string of the molecule is [CH]=CC(=O)N(C)C1CCN(C)CC1. The summed E-state index contributed by atoms with van der Waals surface area (Å²) in [5.74, 6) is -0.0745. The van der Waals surface area contributed by atoms with Gasteiger partial charge in [0.05, 0.1) is 0 Å². The molecule has 1 aliphatic heterocycles. The Labute approximate surface area is 80.0 Å². The molecule has 0 aromatic carbocycles. The van der Waals surface area contributed by atoms with Crippen molar-refractivity contribution >= 4 is 5.91 Å². The van der Waals surface area contributed by atoms with Crippen LogP contribution in [0.5, 0.6) is 0 Å². The largest absolute Gasteiger partial charge is 0.339 e. The van der Waals surface area contributed by atoms with E-state index in [1.165, 1.54) is 0 Å². The van der Waals surface area contributed by atoms with Crippen molar-refractivity contribution in [1.82, 2.24) is 9.80 Å². The van der Waals surface area contributed by atoms with Crippen LogP contribution in [0.15, 0.2) is 6.08 Å². The third-order valence-corrected chi connectivity index (χ3v) is 2.73. The summed E-state index contributed by atoms with van der Waals surface area (Å²) < 4.78 is 0. The van der Waals surface area contributed by atoms with Crippen molar-refractivity contribution in [2.45, 2.75) is 18.9 Å². The molecule has 0 saturated carbocycles. The van der Waals surface area contributed by atoms with Crippen LogP contribution in [0.25, 0.3) is 0 Å². The highest BCUT2D eigenvalue weighted by atomic mass is 16.2. The van der Waals surface area contributed by atoms with Gasteiger partial charge in [0.15, 0.2) is 0 Å². The molecule has 0 unspecified atom stereocenters. The van der Waals surface area contributed by atoms with Gasteiger partial charge in [-0.15, -0.1) is 0 Å². The van der Waals surface area contributed by atoms with E-state index in [0.717, 1.165) is 32.0 Å². The van der Waals surface area contributed by atoms with E-state index >= 15 is 0 Å². The lowest BCUT2D eigenvalue weighted by atomic mass is 10.0. The van der Waals surface area contributed by atoms with E-state index in [-0.39, 0.29) is 5.91 Å². The highest BCUT2D eigenvalue weighted by molar-refractivity contribution is 5.86. The minimum atomic E-state index is -0.0745. The first-order valence-corrected chi connectivity index (χ1v) is 4.65. The first-order valence-electron chi connectivity index (χ1n) is 4.65. The van der Waals surface area contributed by atoms with Gasteiger partial charge in [0.1, 0.15) is 0 Å². The zero-order valence-corrected chi connectivity index (χ0v) is 8.36. The van der Waals surface area contributed by atoms with Gasteiger partial charge in [0.2, 0.25) is 5.91 Å². The van der Waals surface area contributed by atoms with Gasteiger partial charge in [0.25, 0.3) is 0 Å². The molecule has 1 radical (unpaired) electrons. The topological polar surface area (TPSA) is 23.6 Å². The van der Waals surface area contributed by atoms with Gasteiger partial charge >= 0.3 is 0 Å². The van der Waals surface area contributed by atoms with Gasteiger partial charge in [-0.05, 0) is 33.0 Å². The van der Waals surface area contributed by atoms with Crippen LogP contribution < -0.4 is 0 Å². The molecule has 1 fully saturated rings. The number of hydrogen-bond acceptors (Lipinski definition) is 2. The molecule has 3 nitrogen and oxygen atoms in total. The number of rotatable bonds is 2. The maximum Gasteiger partial charge on any atom is 0.246 e. The Bertz CT molecular complexity index is 195. The summed E-state index contributed by atoms with van der Waals surface area (Å²) in [7, 11) is 3.93. The van der Waals surface area contributed by atoms with Crippen LogP contribution in [0.1, 0.15) is 12.8 Å². The van der Waals surface area contributed by atoms with Crippen LogP contribution in [0.4, 0.5) is 0 Å². The van der Waals surface area contributed by atoms with Gasteiger partial charge in [-0.25, -0.2) is 0 Å². The van der Waals surface area contributed by atoms with E-state index in [0.29, 0.717) is 6.04 Å². The second-order valence-corrected chi connectivity index (χ2v) is 3.65. The van der Waals surface area contributed by atoms with Gasteiger partial charge < -0.3 is 9.80 Å². The lowest BCUT2D eigenvalue weighted by molar-refractivity contribution is -0.127. The Morgan fingerprint density at radius 1 is 1.54 bits per heavy atom. The maximum atomic E-state index is 11.2. The molecule has 0 aromatic heterocycles. The standard InChI is InChI=1S/C10H17N2O/c1-4-10(13)12(3)9-5-7-11(2)8-6-9/h1,4,9H,5-8H2,2-3H3. The molecule has 0 aliphatic carbocycles. The van der Waals surface area contributed by atoms with Crippen LogP contribution in [0.3, 0.4) is 0 Å². The Hall–Kier alpha value is -0.830. The summed E-state index contributed by atoms with van der Waals surface area (Å²) in [6.45, 7) is 7.31. The van der Waals surface area contributed by atoms with Crippen molar-refractivity contribution in [3.8, 4) is 0 Å². The van der Waals surface area contributed by atoms with E-state index in [1.54, 1.807) is 4.90 Å². The van der Waals surface area contributed by atoms with Gasteiger partial charge in [-0.1, -0.05) is 6.58 Å². The zero-order chi connectivity index (χ0) is 9.84. The van der Waals surface area contributed by atoms with E-state index in [9.17, 15) is 4.79 Å². The Kier molecular flexibility index (Phi) is 3.48. The number of likely N-dealkylation sites (N-methyl/N-ethyl adjacent to an activating group) is 1. The number of amides is 1. The van der Waals surface area contributed by atoms with Crippen LogP contribution in [-0.4, -0.2) is 48.9 Å². The number of likely N-dealkylation sites (tertiary alicyclic amines) is 1. The fourth-order valence-electron chi connectivity index (χ4n) is 1.68. The summed E-state index contributed by atoms with van der Waals surface area (Å²) in [4.78, 5) is 15.2. The number of carbonyl (C=O) groups is 1. The van der Waals surface area contributed by atoms with E-state index < -0.39 is 0 Å². The molecule has 1 aliphatic rings. The van der Waals surface area contributed by atoms with Crippen molar-refractivity contribution in [1.29, 1.82) is 0 Å². The molecular weight excluding hydrogens is 164 g/mol. The molecule has 0 N–H and O–H groups in total. The van der Waals surface area contributed by atoms with Crippen molar-refractivity contribution in [2.75, 3.05) is 27.2 Å². The summed E-state index contributed by atoms with van der Waals surface area (Å²) >= 11 is 0. The zero-order valence-electron chi connectivity index (χ0n) is 8.36. The van der Waals surface area contributed by atoms with Crippen molar-refractivity contribution < 1.29 is 4.79 Å². The van der Waals surface area contributed by atoms with Crippen LogP contribution in [0.2, 0.25) is 0 Å². The fourth-order valence-corrected chi connectivity index (χ4v) is 1.68. The first-order chi connectivity index (χ1) is 6.15. The normalized spacial score (nSPS) is 19.8. The second kappa shape index (κ2) is 4.42. The van der Waals surface area contributed by atoms with Crippen LogP contribution in [0, 0.1) is 6.58 Å². The highest BCUT2D eigenvalue weighted by Gasteiger charge is 2.22. The molecule has 0 spiro atoms. The Morgan fingerprint density at radius 2 is 2.08 bits per heavy atom. The predicted octanol–water partition coefficient (Wildman–Crippen LogP) is 0.528. The summed E-state index contributed by atoms with van der Waals surface area (Å²) in [5, 5.41) is 0. The highest BCUT2D eigenvalue weighted by Crippen LogP contribution is 2.13. The molecule has 1 heterocycles. The molecule has 1 amide bonds. The van der Waals surface area contributed by atoms with Crippen molar-refractivity contribution in [3.63, 3.8) is 0 Å².